The Morgan fingerprint density at radius 2 is 1.85 bits per heavy atom. The number of benzene rings is 1. The predicted octanol–water partition coefficient (Wildman–Crippen LogP) is 3.00. The molecule has 5 nitrogen and oxygen atoms in total. The maximum absolute atomic E-state index is 6.01. The van der Waals surface area contributed by atoms with Gasteiger partial charge in [-0.3, -0.25) is 0 Å². The number of ether oxygens (including phenoxy) is 3. The van der Waals surface area contributed by atoms with Crippen LogP contribution in [0, 0.1) is 0 Å². The summed E-state index contributed by atoms with van der Waals surface area (Å²) in [6, 6.07) is 3.92. The minimum atomic E-state index is 0.136. The highest BCUT2D eigenvalue weighted by atomic mass is 35.5. The minimum absolute atomic E-state index is 0.136. The zero-order valence-electron chi connectivity index (χ0n) is 12.1. The van der Waals surface area contributed by atoms with E-state index in [-0.39, 0.29) is 6.04 Å². The summed E-state index contributed by atoms with van der Waals surface area (Å²) in [6.07, 6.45) is 0. The second kappa shape index (κ2) is 6.33. The smallest absolute Gasteiger partial charge is 0.163 e. The lowest BCUT2D eigenvalue weighted by Gasteiger charge is -2.16. The van der Waals surface area contributed by atoms with Gasteiger partial charge in [0, 0.05) is 19.2 Å². The van der Waals surface area contributed by atoms with Gasteiger partial charge in [-0.25, -0.2) is 4.98 Å². The van der Waals surface area contributed by atoms with E-state index in [9.17, 15) is 0 Å². The zero-order chi connectivity index (χ0) is 14.7. The van der Waals surface area contributed by atoms with Gasteiger partial charge in [-0.2, -0.15) is 0 Å². The van der Waals surface area contributed by atoms with E-state index in [1.807, 2.05) is 12.1 Å². The second-order valence-corrected chi connectivity index (χ2v) is 4.80. The van der Waals surface area contributed by atoms with Crippen LogP contribution >= 0.6 is 11.6 Å². The molecule has 0 spiro atoms. The molecule has 0 saturated carbocycles. The number of hydrogen-bond donors (Lipinski definition) is 0. The molecule has 1 aromatic heterocycles. The summed E-state index contributed by atoms with van der Waals surface area (Å²) in [6.45, 7) is 2.65. The van der Waals surface area contributed by atoms with E-state index in [1.165, 1.54) is 0 Å². The van der Waals surface area contributed by atoms with Crippen molar-refractivity contribution in [1.82, 2.24) is 9.55 Å². The molecule has 6 heteroatoms. The molecule has 1 aromatic carbocycles. The Hall–Kier alpha value is -1.46. The van der Waals surface area contributed by atoms with Crippen LogP contribution in [0.25, 0.3) is 11.0 Å². The van der Waals surface area contributed by atoms with Crippen LogP contribution in [0.4, 0.5) is 0 Å². The van der Waals surface area contributed by atoms with E-state index in [0.717, 1.165) is 16.9 Å². The van der Waals surface area contributed by atoms with E-state index >= 15 is 0 Å². The number of rotatable bonds is 6. The summed E-state index contributed by atoms with van der Waals surface area (Å²) in [7, 11) is 4.90. The lowest BCUT2D eigenvalue weighted by molar-refractivity contribution is 0.163. The molecule has 0 saturated heterocycles. The van der Waals surface area contributed by atoms with E-state index in [4.69, 9.17) is 25.8 Å². The molecular weight excluding hydrogens is 280 g/mol. The van der Waals surface area contributed by atoms with Gasteiger partial charge in [-0.05, 0) is 6.92 Å². The highest BCUT2D eigenvalue weighted by molar-refractivity contribution is 6.16. The largest absolute Gasteiger partial charge is 0.493 e. The Labute approximate surface area is 123 Å². The van der Waals surface area contributed by atoms with Crippen molar-refractivity contribution < 1.29 is 14.2 Å². The predicted molar refractivity (Wildman–Crippen MR) is 79.0 cm³/mol. The van der Waals surface area contributed by atoms with Crippen molar-refractivity contribution in [3.8, 4) is 11.5 Å². The van der Waals surface area contributed by atoms with Gasteiger partial charge in [0.1, 0.15) is 5.82 Å². The summed E-state index contributed by atoms with van der Waals surface area (Å²) in [5.74, 6) is 2.48. The molecule has 0 amide bonds. The first kappa shape index (κ1) is 14.9. The highest BCUT2D eigenvalue weighted by Crippen LogP contribution is 2.34. The number of hydrogen-bond acceptors (Lipinski definition) is 4. The van der Waals surface area contributed by atoms with Crippen molar-refractivity contribution in [1.29, 1.82) is 0 Å². The summed E-state index contributed by atoms with van der Waals surface area (Å²) >= 11 is 6.01. The molecule has 1 unspecified atom stereocenters. The quantitative estimate of drug-likeness (QED) is 0.769. The third-order valence-corrected chi connectivity index (χ3v) is 3.48. The van der Waals surface area contributed by atoms with Gasteiger partial charge in [-0.15, -0.1) is 11.6 Å². The standard InChI is InChI=1S/C14H19ClN2O3/c1-9(8-18-2)17-11-6-13(20-4)12(19-3)5-10(11)16-14(17)7-15/h5-6,9H,7-8H2,1-4H3. The number of nitrogens with zero attached hydrogens (tertiary/aromatic N) is 2. The average Bonchev–Trinajstić information content (AvgIpc) is 2.83. The number of alkyl halides is 1. The number of methoxy groups -OCH3 is 3. The van der Waals surface area contributed by atoms with Gasteiger partial charge in [0.2, 0.25) is 0 Å². The van der Waals surface area contributed by atoms with Crippen molar-refractivity contribution in [2.24, 2.45) is 0 Å². The molecule has 0 N–H and O–H groups in total. The molecular formula is C14H19ClN2O3. The van der Waals surface area contributed by atoms with Crippen LogP contribution in [0.2, 0.25) is 0 Å². The Kier molecular flexibility index (Phi) is 4.73. The molecule has 0 aliphatic rings. The fourth-order valence-electron chi connectivity index (χ4n) is 2.37. The highest BCUT2D eigenvalue weighted by Gasteiger charge is 2.18. The summed E-state index contributed by atoms with van der Waals surface area (Å²) in [4.78, 5) is 4.56. The van der Waals surface area contributed by atoms with Crippen LogP contribution in [-0.2, 0) is 10.6 Å². The molecule has 1 atom stereocenters. The minimum Gasteiger partial charge on any atom is -0.493 e. The second-order valence-electron chi connectivity index (χ2n) is 4.53. The van der Waals surface area contributed by atoms with Gasteiger partial charge >= 0.3 is 0 Å². The Bertz CT molecular complexity index is 598. The maximum Gasteiger partial charge on any atom is 0.163 e. The van der Waals surface area contributed by atoms with Gasteiger partial charge in [0.15, 0.2) is 11.5 Å². The normalized spacial score (nSPS) is 12.7. The first-order valence-corrected chi connectivity index (χ1v) is 6.87. The molecule has 0 aliphatic carbocycles. The Morgan fingerprint density at radius 3 is 2.40 bits per heavy atom. The Morgan fingerprint density at radius 1 is 1.20 bits per heavy atom. The van der Waals surface area contributed by atoms with Gasteiger partial charge in [0.05, 0.1) is 43.8 Å². The fourth-order valence-corrected chi connectivity index (χ4v) is 2.56. The van der Waals surface area contributed by atoms with Crippen LogP contribution in [0.15, 0.2) is 12.1 Å². The molecule has 0 bridgehead atoms. The first-order chi connectivity index (χ1) is 9.65. The molecule has 2 rings (SSSR count). The zero-order valence-corrected chi connectivity index (χ0v) is 12.9. The van der Waals surface area contributed by atoms with Gasteiger partial charge < -0.3 is 18.8 Å². The van der Waals surface area contributed by atoms with Crippen molar-refractivity contribution in [2.45, 2.75) is 18.8 Å². The van der Waals surface area contributed by atoms with Crippen molar-refractivity contribution >= 4 is 22.6 Å². The van der Waals surface area contributed by atoms with E-state index in [0.29, 0.717) is 24.0 Å². The summed E-state index contributed by atoms with van der Waals surface area (Å²) in [5.41, 5.74) is 1.80. The van der Waals surface area contributed by atoms with E-state index in [1.54, 1.807) is 21.3 Å². The Balaban J connectivity index is 2.65. The maximum atomic E-state index is 6.01. The van der Waals surface area contributed by atoms with Gasteiger partial charge in [-0.1, -0.05) is 0 Å². The van der Waals surface area contributed by atoms with Crippen LogP contribution in [0.5, 0.6) is 11.5 Å². The summed E-state index contributed by atoms with van der Waals surface area (Å²) < 4.78 is 18.0. The third kappa shape index (κ3) is 2.55. The number of fused-ring (bicyclic) bond motifs is 1. The van der Waals surface area contributed by atoms with Gasteiger partial charge in [0.25, 0.3) is 0 Å². The summed E-state index contributed by atoms with van der Waals surface area (Å²) in [5, 5.41) is 0. The van der Waals surface area contributed by atoms with Crippen LogP contribution < -0.4 is 9.47 Å². The van der Waals surface area contributed by atoms with Crippen LogP contribution in [0.1, 0.15) is 18.8 Å². The molecule has 1 heterocycles. The molecule has 0 radical (unpaired) electrons. The third-order valence-electron chi connectivity index (χ3n) is 3.24. The van der Waals surface area contributed by atoms with Crippen molar-refractivity contribution in [3.63, 3.8) is 0 Å². The van der Waals surface area contributed by atoms with Crippen molar-refractivity contribution in [2.75, 3.05) is 27.9 Å². The average molecular weight is 299 g/mol. The molecule has 0 fully saturated rings. The first-order valence-electron chi connectivity index (χ1n) is 6.34. The number of imidazole rings is 1. The monoisotopic (exact) mass is 298 g/mol. The van der Waals surface area contributed by atoms with E-state index in [2.05, 4.69) is 16.5 Å². The fraction of sp³-hybridized carbons (Fsp3) is 0.500. The van der Waals surface area contributed by atoms with Crippen molar-refractivity contribution in [3.05, 3.63) is 18.0 Å². The lowest BCUT2D eigenvalue weighted by Crippen LogP contribution is -2.13. The molecule has 2 aromatic rings. The lowest BCUT2D eigenvalue weighted by atomic mass is 10.2. The van der Waals surface area contributed by atoms with E-state index < -0.39 is 0 Å². The topological polar surface area (TPSA) is 45.5 Å². The van der Waals surface area contributed by atoms with Crippen LogP contribution in [-0.4, -0.2) is 37.5 Å². The molecule has 110 valence electrons. The molecule has 20 heavy (non-hydrogen) atoms. The number of halogens is 1. The van der Waals surface area contributed by atoms with Crippen LogP contribution in [0.3, 0.4) is 0 Å². The SMILES string of the molecule is COCC(C)n1c(CCl)nc2cc(OC)c(OC)cc21. The number of aromatic nitrogens is 2. The molecule has 0 aliphatic heterocycles.